The van der Waals surface area contributed by atoms with Gasteiger partial charge in [0, 0.05) is 11.4 Å². The zero-order valence-corrected chi connectivity index (χ0v) is 17.3. The van der Waals surface area contributed by atoms with Gasteiger partial charge in [-0.15, -0.1) is 0 Å². The number of nitrogens with zero attached hydrogens (tertiary/aromatic N) is 1. The Labute approximate surface area is 178 Å². The summed E-state index contributed by atoms with van der Waals surface area (Å²) in [6.07, 6.45) is -3.48. The van der Waals surface area contributed by atoms with Gasteiger partial charge < -0.3 is 10.1 Å². The molecule has 0 aromatic heterocycles. The number of hydrogen-bond donors (Lipinski definition) is 1. The number of thiocarbonyl (C=S) groups is 1. The van der Waals surface area contributed by atoms with E-state index in [1.807, 2.05) is 37.3 Å². The van der Waals surface area contributed by atoms with E-state index in [0.29, 0.717) is 24.2 Å². The number of allylic oxidation sites excluding steroid dienone is 1. The third-order valence-corrected chi connectivity index (χ3v) is 5.12. The van der Waals surface area contributed by atoms with E-state index in [9.17, 15) is 18.0 Å². The smallest absolute Gasteiger partial charge is 0.416 e. The van der Waals surface area contributed by atoms with Gasteiger partial charge in [0.15, 0.2) is 5.11 Å². The van der Waals surface area contributed by atoms with Crippen LogP contribution in [0, 0.1) is 0 Å². The van der Waals surface area contributed by atoms with E-state index in [1.165, 1.54) is 25.3 Å². The molecule has 0 saturated heterocycles. The molecule has 1 aliphatic rings. The monoisotopic (exact) mass is 434 g/mol. The molecule has 0 unspecified atom stereocenters. The van der Waals surface area contributed by atoms with Crippen LogP contribution in [0.15, 0.2) is 65.9 Å². The summed E-state index contributed by atoms with van der Waals surface area (Å²) in [4.78, 5) is 14.5. The summed E-state index contributed by atoms with van der Waals surface area (Å²) < 4.78 is 46.1. The number of alkyl halides is 3. The van der Waals surface area contributed by atoms with Crippen LogP contribution in [0.4, 0.5) is 18.9 Å². The van der Waals surface area contributed by atoms with Gasteiger partial charge in [0.05, 0.1) is 24.3 Å². The molecular formula is C22H21F3N2O2S. The van der Waals surface area contributed by atoms with Crippen LogP contribution in [-0.4, -0.2) is 18.2 Å². The van der Waals surface area contributed by atoms with Crippen LogP contribution >= 0.6 is 12.2 Å². The summed E-state index contributed by atoms with van der Waals surface area (Å²) in [6.45, 7) is 1.93. The fourth-order valence-corrected chi connectivity index (χ4v) is 3.92. The summed E-state index contributed by atoms with van der Waals surface area (Å²) >= 11 is 5.54. The van der Waals surface area contributed by atoms with E-state index in [4.69, 9.17) is 17.0 Å². The van der Waals surface area contributed by atoms with Crippen LogP contribution in [0.25, 0.3) is 0 Å². The lowest BCUT2D eigenvalue weighted by molar-refractivity contribution is -0.139. The average Bonchev–Trinajstić information content (AvgIpc) is 2.73. The lowest BCUT2D eigenvalue weighted by Crippen LogP contribution is -2.49. The molecule has 0 saturated carbocycles. The van der Waals surface area contributed by atoms with Crippen LogP contribution in [0.3, 0.4) is 0 Å². The first-order valence-corrected chi connectivity index (χ1v) is 9.83. The van der Waals surface area contributed by atoms with Gasteiger partial charge in [-0.05, 0) is 42.4 Å². The van der Waals surface area contributed by atoms with Crippen LogP contribution in [0.5, 0.6) is 0 Å². The quantitative estimate of drug-likeness (QED) is 0.506. The SMILES string of the molecule is CCCC1=C(C(=O)OC)[C@H](c2ccccc2C(F)(F)F)NC(=S)N1c1ccccc1. The van der Waals surface area contributed by atoms with Crippen molar-refractivity contribution in [2.75, 3.05) is 12.0 Å². The number of methoxy groups -OCH3 is 1. The van der Waals surface area contributed by atoms with Gasteiger partial charge >= 0.3 is 12.1 Å². The second-order valence-corrected chi connectivity index (χ2v) is 7.13. The second kappa shape index (κ2) is 8.87. The molecule has 0 fully saturated rings. The highest BCUT2D eigenvalue weighted by Gasteiger charge is 2.41. The summed E-state index contributed by atoms with van der Waals surface area (Å²) in [5.74, 6) is -0.698. The average molecular weight is 434 g/mol. The topological polar surface area (TPSA) is 41.6 Å². The van der Waals surface area contributed by atoms with Gasteiger partial charge in [-0.1, -0.05) is 49.7 Å². The van der Waals surface area contributed by atoms with Crippen LogP contribution in [0.1, 0.15) is 36.9 Å². The minimum absolute atomic E-state index is 0.0749. The van der Waals surface area contributed by atoms with Gasteiger partial charge in [-0.3, -0.25) is 4.90 Å². The van der Waals surface area contributed by atoms with Crippen LogP contribution in [-0.2, 0) is 15.7 Å². The van der Waals surface area contributed by atoms with Crippen molar-refractivity contribution in [3.8, 4) is 0 Å². The molecule has 0 spiro atoms. The number of para-hydroxylation sites is 1. The van der Waals surface area contributed by atoms with Crippen molar-refractivity contribution in [2.45, 2.75) is 32.0 Å². The maximum absolute atomic E-state index is 13.7. The molecule has 0 aliphatic carbocycles. The van der Waals surface area contributed by atoms with Gasteiger partial charge in [-0.25, -0.2) is 4.79 Å². The molecule has 30 heavy (non-hydrogen) atoms. The molecule has 8 heteroatoms. The zero-order chi connectivity index (χ0) is 21.9. The fourth-order valence-electron chi connectivity index (χ4n) is 3.59. The highest BCUT2D eigenvalue weighted by molar-refractivity contribution is 7.80. The van der Waals surface area contributed by atoms with Crippen molar-refractivity contribution >= 4 is 29.0 Å². The fraction of sp³-hybridized carbons (Fsp3) is 0.273. The Balaban J connectivity index is 2.27. The normalized spacial score (nSPS) is 17.0. The number of carbonyl (C=O) groups is 1. The highest BCUT2D eigenvalue weighted by atomic mass is 32.1. The standard InChI is InChI=1S/C22H21F3N2O2S/c1-3-9-17-18(20(28)29-2)19(15-12-7-8-13-16(15)22(23,24)25)26-21(30)27(17)14-10-5-4-6-11-14/h4-8,10-13,19H,3,9H2,1-2H3,(H,26,30)/t19-/m0/s1. The van der Waals surface area contributed by atoms with Crippen LogP contribution < -0.4 is 10.2 Å². The summed E-state index contributed by atoms with van der Waals surface area (Å²) in [7, 11) is 1.21. The van der Waals surface area contributed by atoms with E-state index in [1.54, 1.807) is 4.90 Å². The van der Waals surface area contributed by atoms with Gasteiger partial charge in [0.2, 0.25) is 0 Å². The maximum atomic E-state index is 13.7. The number of ether oxygens (including phenoxy) is 1. The molecule has 2 aromatic carbocycles. The van der Waals surface area contributed by atoms with Crippen molar-refractivity contribution in [3.05, 3.63) is 77.0 Å². The molecule has 158 valence electrons. The number of esters is 1. The number of anilines is 1. The lowest BCUT2D eigenvalue weighted by Gasteiger charge is -2.39. The molecule has 0 radical (unpaired) electrons. The first-order valence-electron chi connectivity index (χ1n) is 9.42. The van der Waals surface area contributed by atoms with E-state index >= 15 is 0 Å². The van der Waals surface area contributed by atoms with Crippen molar-refractivity contribution in [1.82, 2.24) is 5.32 Å². The number of hydrogen-bond acceptors (Lipinski definition) is 3. The molecule has 0 bridgehead atoms. The van der Waals surface area contributed by atoms with Crippen molar-refractivity contribution < 1.29 is 22.7 Å². The molecule has 1 aliphatic heterocycles. The minimum Gasteiger partial charge on any atom is -0.466 e. The molecule has 4 nitrogen and oxygen atoms in total. The molecule has 2 aromatic rings. The number of halogens is 3. The van der Waals surface area contributed by atoms with Crippen molar-refractivity contribution in [3.63, 3.8) is 0 Å². The molecule has 0 amide bonds. The van der Waals surface area contributed by atoms with Gasteiger partial charge in [0.25, 0.3) is 0 Å². The zero-order valence-electron chi connectivity index (χ0n) is 16.5. The number of nitrogens with one attached hydrogen (secondary N) is 1. The van der Waals surface area contributed by atoms with E-state index in [-0.39, 0.29) is 16.2 Å². The molecule has 1 heterocycles. The first kappa shape index (κ1) is 21.8. The number of rotatable bonds is 5. The summed E-state index contributed by atoms with van der Waals surface area (Å²) in [5, 5.41) is 3.17. The Bertz CT molecular complexity index is 974. The number of carbonyl (C=O) groups excluding carboxylic acids is 1. The van der Waals surface area contributed by atoms with E-state index in [0.717, 1.165) is 6.07 Å². The Hall–Kier alpha value is -2.87. The third-order valence-electron chi connectivity index (χ3n) is 4.82. The van der Waals surface area contributed by atoms with Gasteiger partial charge in [-0.2, -0.15) is 13.2 Å². The first-order chi connectivity index (χ1) is 14.3. The molecule has 1 N–H and O–H groups in total. The Morgan fingerprint density at radius 1 is 1.13 bits per heavy atom. The Morgan fingerprint density at radius 2 is 1.77 bits per heavy atom. The van der Waals surface area contributed by atoms with E-state index in [2.05, 4.69) is 5.32 Å². The van der Waals surface area contributed by atoms with Crippen LogP contribution in [0.2, 0.25) is 0 Å². The minimum atomic E-state index is -4.58. The van der Waals surface area contributed by atoms with Gasteiger partial charge in [0.1, 0.15) is 0 Å². The van der Waals surface area contributed by atoms with Crippen molar-refractivity contribution in [2.24, 2.45) is 0 Å². The predicted octanol–water partition coefficient (Wildman–Crippen LogP) is 5.37. The van der Waals surface area contributed by atoms with E-state index < -0.39 is 23.8 Å². The third kappa shape index (κ3) is 4.18. The summed E-state index contributed by atoms with van der Waals surface area (Å²) in [6, 6.07) is 13.2. The largest absolute Gasteiger partial charge is 0.466 e. The molecular weight excluding hydrogens is 413 g/mol. The maximum Gasteiger partial charge on any atom is 0.416 e. The predicted molar refractivity (Wildman–Crippen MR) is 113 cm³/mol. The summed E-state index contributed by atoms with van der Waals surface area (Å²) in [5.41, 5.74) is 0.460. The highest BCUT2D eigenvalue weighted by Crippen LogP contribution is 2.41. The Kier molecular flexibility index (Phi) is 6.45. The lowest BCUT2D eigenvalue weighted by atomic mass is 9.89. The second-order valence-electron chi connectivity index (χ2n) is 6.74. The Morgan fingerprint density at radius 3 is 2.37 bits per heavy atom. The van der Waals surface area contributed by atoms with Crippen molar-refractivity contribution in [1.29, 1.82) is 0 Å². The number of benzene rings is 2. The molecule has 3 rings (SSSR count). The molecule has 1 atom stereocenters.